The van der Waals surface area contributed by atoms with E-state index in [1.54, 1.807) is 31.2 Å². The molecular weight excluding hydrogens is 326 g/mol. The Labute approximate surface area is 146 Å². The van der Waals surface area contributed by atoms with Crippen molar-refractivity contribution in [2.45, 2.75) is 32.6 Å². The van der Waals surface area contributed by atoms with Crippen LogP contribution < -0.4 is 4.74 Å². The minimum atomic E-state index is -0.845. The lowest BCUT2D eigenvalue weighted by molar-refractivity contribution is -0.431. The number of benzene rings is 1. The second-order valence-corrected chi connectivity index (χ2v) is 5.42. The molecular formula is C18H23NO6. The predicted molar refractivity (Wildman–Crippen MR) is 91.9 cm³/mol. The molecule has 0 bridgehead atoms. The number of aldehydes is 1. The zero-order valence-electron chi connectivity index (χ0n) is 14.6. The van der Waals surface area contributed by atoms with E-state index in [1.807, 2.05) is 6.92 Å². The zero-order chi connectivity index (χ0) is 18.8. The predicted octanol–water partition coefficient (Wildman–Crippen LogP) is 3.12. The third-order valence-electron chi connectivity index (χ3n) is 3.78. The minimum Gasteiger partial charge on any atom is -0.497 e. The van der Waals surface area contributed by atoms with E-state index in [4.69, 9.17) is 9.47 Å². The summed E-state index contributed by atoms with van der Waals surface area (Å²) < 4.78 is 9.89. The molecule has 0 saturated heterocycles. The number of carbonyl (C=O) groups is 2. The van der Waals surface area contributed by atoms with Crippen LogP contribution in [0.3, 0.4) is 0 Å². The Morgan fingerprint density at radius 3 is 2.36 bits per heavy atom. The number of carbonyl (C=O) groups excluding carboxylic acids is 2. The van der Waals surface area contributed by atoms with Crippen molar-refractivity contribution in [1.29, 1.82) is 0 Å². The van der Waals surface area contributed by atoms with Crippen LogP contribution in [0.2, 0.25) is 0 Å². The van der Waals surface area contributed by atoms with Crippen LogP contribution in [0, 0.1) is 16.0 Å². The Morgan fingerprint density at radius 1 is 1.28 bits per heavy atom. The summed E-state index contributed by atoms with van der Waals surface area (Å²) in [5.74, 6) is -1.67. The van der Waals surface area contributed by atoms with E-state index >= 15 is 0 Å². The monoisotopic (exact) mass is 349 g/mol. The summed E-state index contributed by atoms with van der Waals surface area (Å²) in [6.45, 7) is 3.62. The number of hydrogen-bond donors (Lipinski definition) is 0. The van der Waals surface area contributed by atoms with Gasteiger partial charge in [0.2, 0.25) is 0 Å². The molecule has 0 radical (unpaired) electrons. The largest absolute Gasteiger partial charge is 0.497 e. The molecule has 0 aliphatic heterocycles. The number of nitro groups is 1. The number of allylic oxidation sites excluding steroid dienone is 1. The SMILES string of the molecule is CCC[C@@H](C=O)[C@H](/C(=C/C(=O)OCC)[N+](=O)[O-])c1ccc(OC)cc1. The summed E-state index contributed by atoms with van der Waals surface area (Å²) in [6, 6.07) is 6.66. The Morgan fingerprint density at radius 2 is 1.92 bits per heavy atom. The van der Waals surface area contributed by atoms with Gasteiger partial charge in [-0.2, -0.15) is 0 Å². The van der Waals surface area contributed by atoms with Crippen LogP contribution in [0.4, 0.5) is 0 Å². The first kappa shape index (κ1) is 20.3. The fraction of sp³-hybridized carbons (Fsp3) is 0.444. The van der Waals surface area contributed by atoms with Gasteiger partial charge in [-0.15, -0.1) is 0 Å². The maximum atomic E-state index is 11.8. The molecule has 0 aromatic heterocycles. The summed E-state index contributed by atoms with van der Waals surface area (Å²) in [5, 5.41) is 11.6. The van der Waals surface area contributed by atoms with E-state index in [2.05, 4.69) is 0 Å². The van der Waals surface area contributed by atoms with Crippen LogP contribution in [0.5, 0.6) is 5.75 Å². The molecule has 0 unspecified atom stereocenters. The lowest BCUT2D eigenvalue weighted by Crippen LogP contribution is -2.22. The normalized spacial score (nSPS) is 13.6. The van der Waals surface area contributed by atoms with E-state index in [9.17, 15) is 19.7 Å². The quantitative estimate of drug-likeness (QED) is 0.212. The van der Waals surface area contributed by atoms with Crippen LogP contribution in [-0.4, -0.2) is 30.9 Å². The van der Waals surface area contributed by atoms with Crippen LogP contribution in [0.1, 0.15) is 38.2 Å². The van der Waals surface area contributed by atoms with Gasteiger partial charge in [0.1, 0.15) is 12.0 Å². The highest BCUT2D eigenvalue weighted by molar-refractivity contribution is 5.82. The molecule has 0 saturated carbocycles. The molecule has 1 rings (SSSR count). The fourth-order valence-electron chi connectivity index (χ4n) is 2.66. The zero-order valence-corrected chi connectivity index (χ0v) is 14.6. The second kappa shape index (κ2) is 10.2. The summed E-state index contributed by atoms with van der Waals surface area (Å²) in [4.78, 5) is 34.3. The molecule has 0 fully saturated rings. The lowest BCUT2D eigenvalue weighted by atomic mass is 9.81. The van der Waals surface area contributed by atoms with Crippen molar-refractivity contribution in [3.8, 4) is 5.75 Å². The number of rotatable bonds is 10. The topological polar surface area (TPSA) is 95.7 Å². The standard InChI is InChI=1S/C18H23NO6/c1-4-6-14(12-20)18(13-7-9-15(24-3)10-8-13)16(19(22)23)11-17(21)25-5-2/h7-12,14,18H,4-6H2,1-3H3/b16-11-/t14-,18+/m0/s1. The first-order valence-corrected chi connectivity index (χ1v) is 8.10. The first-order chi connectivity index (χ1) is 12.0. The summed E-state index contributed by atoms with van der Waals surface area (Å²) in [5.41, 5.74) is 0.216. The number of esters is 1. The molecule has 1 aromatic carbocycles. The lowest BCUT2D eigenvalue weighted by Gasteiger charge is -2.21. The van der Waals surface area contributed by atoms with E-state index in [1.165, 1.54) is 7.11 Å². The molecule has 0 aliphatic carbocycles. The van der Waals surface area contributed by atoms with Crippen molar-refractivity contribution in [2.75, 3.05) is 13.7 Å². The van der Waals surface area contributed by atoms with Gasteiger partial charge in [0.05, 0.1) is 30.6 Å². The molecule has 1 aromatic rings. The fourth-order valence-corrected chi connectivity index (χ4v) is 2.66. The molecule has 25 heavy (non-hydrogen) atoms. The van der Waals surface area contributed by atoms with Gasteiger partial charge in [0.15, 0.2) is 0 Å². The molecule has 0 heterocycles. The molecule has 0 aliphatic rings. The van der Waals surface area contributed by atoms with Crippen LogP contribution in [-0.2, 0) is 14.3 Å². The average Bonchev–Trinajstić information content (AvgIpc) is 2.60. The van der Waals surface area contributed by atoms with E-state index < -0.39 is 22.7 Å². The number of ether oxygens (including phenoxy) is 2. The second-order valence-electron chi connectivity index (χ2n) is 5.42. The molecule has 2 atom stereocenters. The van der Waals surface area contributed by atoms with E-state index in [0.29, 0.717) is 30.4 Å². The third kappa shape index (κ3) is 5.70. The Balaban J connectivity index is 3.41. The number of methoxy groups -OCH3 is 1. The summed E-state index contributed by atoms with van der Waals surface area (Å²) in [7, 11) is 1.51. The molecule has 0 N–H and O–H groups in total. The highest BCUT2D eigenvalue weighted by Crippen LogP contribution is 2.35. The van der Waals surface area contributed by atoms with Gasteiger partial charge in [0, 0.05) is 5.92 Å². The van der Waals surface area contributed by atoms with Crippen molar-refractivity contribution in [3.63, 3.8) is 0 Å². The van der Waals surface area contributed by atoms with Crippen LogP contribution in [0.25, 0.3) is 0 Å². The van der Waals surface area contributed by atoms with Gasteiger partial charge in [-0.25, -0.2) is 4.79 Å². The van der Waals surface area contributed by atoms with Gasteiger partial charge in [-0.1, -0.05) is 25.5 Å². The molecule has 0 amide bonds. The average molecular weight is 349 g/mol. The van der Waals surface area contributed by atoms with Crippen LogP contribution in [0.15, 0.2) is 36.0 Å². The Kier molecular flexibility index (Phi) is 8.32. The van der Waals surface area contributed by atoms with E-state index in [-0.39, 0.29) is 12.3 Å². The summed E-state index contributed by atoms with van der Waals surface area (Å²) in [6.07, 6.45) is 2.72. The molecule has 0 spiro atoms. The van der Waals surface area contributed by atoms with Gasteiger partial charge >= 0.3 is 5.97 Å². The highest BCUT2D eigenvalue weighted by Gasteiger charge is 2.34. The number of nitrogens with zero attached hydrogens (tertiary/aromatic N) is 1. The van der Waals surface area contributed by atoms with Crippen molar-refractivity contribution in [1.82, 2.24) is 0 Å². The van der Waals surface area contributed by atoms with Crippen molar-refractivity contribution in [2.24, 2.45) is 5.92 Å². The van der Waals surface area contributed by atoms with Gasteiger partial charge in [0.25, 0.3) is 5.70 Å². The molecule has 136 valence electrons. The van der Waals surface area contributed by atoms with Crippen molar-refractivity contribution >= 4 is 12.3 Å². The van der Waals surface area contributed by atoms with Gasteiger partial charge < -0.3 is 14.3 Å². The van der Waals surface area contributed by atoms with Crippen molar-refractivity contribution < 1.29 is 24.0 Å². The smallest absolute Gasteiger partial charge is 0.337 e. The Bertz CT molecular complexity index is 623. The summed E-state index contributed by atoms with van der Waals surface area (Å²) >= 11 is 0. The van der Waals surface area contributed by atoms with Gasteiger partial charge in [-0.3, -0.25) is 10.1 Å². The van der Waals surface area contributed by atoms with E-state index in [0.717, 1.165) is 6.08 Å². The van der Waals surface area contributed by atoms with Crippen LogP contribution >= 0.6 is 0 Å². The van der Waals surface area contributed by atoms with Gasteiger partial charge in [-0.05, 0) is 31.0 Å². The molecule has 7 nitrogen and oxygen atoms in total. The highest BCUT2D eigenvalue weighted by atomic mass is 16.6. The maximum absolute atomic E-state index is 11.8. The maximum Gasteiger partial charge on any atom is 0.337 e. The Hall–Kier alpha value is -2.70. The molecule has 7 heteroatoms. The minimum absolute atomic E-state index is 0.111. The first-order valence-electron chi connectivity index (χ1n) is 8.10. The third-order valence-corrected chi connectivity index (χ3v) is 3.78. The number of hydrogen-bond acceptors (Lipinski definition) is 6. The van der Waals surface area contributed by atoms with Crippen molar-refractivity contribution in [3.05, 3.63) is 51.7 Å².